The Morgan fingerprint density at radius 2 is 1.76 bits per heavy atom. The Labute approximate surface area is 176 Å². The normalized spacial score (nSPS) is 20.2. The Balaban J connectivity index is 1.49. The number of ether oxygens (including phenoxy) is 1. The maximum absolute atomic E-state index is 12.9. The molecule has 1 aromatic rings. The van der Waals surface area contributed by atoms with E-state index in [9.17, 15) is 14.4 Å². The first-order chi connectivity index (χ1) is 13.8. The van der Waals surface area contributed by atoms with Crippen molar-refractivity contribution in [2.24, 2.45) is 5.92 Å². The topological polar surface area (TPSA) is 70.2 Å². The van der Waals surface area contributed by atoms with Crippen molar-refractivity contribution in [1.82, 2.24) is 14.7 Å². The van der Waals surface area contributed by atoms with E-state index in [-0.39, 0.29) is 42.7 Å². The molecule has 0 N–H and O–H groups in total. The molecule has 2 aliphatic rings. The van der Waals surface area contributed by atoms with E-state index in [2.05, 4.69) is 0 Å². The quantitative estimate of drug-likeness (QED) is 0.729. The maximum atomic E-state index is 12.9. The second-order valence-corrected chi connectivity index (χ2v) is 8.28. The van der Waals surface area contributed by atoms with Crippen LogP contribution in [-0.4, -0.2) is 77.8 Å². The predicted molar refractivity (Wildman–Crippen MR) is 110 cm³/mol. The summed E-state index contributed by atoms with van der Waals surface area (Å²) in [6, 6.07) is 6.98. The van der Waals surface area contributed by atoms with Crippen LogP contribution < -0.4 is 4.74 Å². The lowest BCUT2D eigenvalue weighted by Gasteiger charge is -2.25. The first-order valence-electron chi connectivity index (χ1n) is 10.1. The highest BCUT2D eigenvalue weighted by atomic mass is 35.5. The fourth-order valence-corrected chi connectivity index (χ4v) is 3.93. The Hall–Kier alpha value is -2.28. The lowest BCUT2D eigenvalue weighted by atomic mass is 10.1. The molecule has 0 saturated carbocycles. The second-order valence-electron chi connectivity index (χ2n) is 7.84. The third-order valence-corrected chi connectivity index (χ3v) is 5.72. The van der Waals surface area contributed by atoms with Gasteiger partial charge in [-0.05, 0) is 44.5 Å². The average molecular weight is 422 g/mol. The molecule has 8 heteroatoms. The lowest BCUT2D eigenvalue weighted by molar-refractivity contribution is -0.137. The van der Waals surface area contributed by atoms with Crippen molar-refractivity contribution in [3.8, 4) is 5.75 Å². The highest BCUT2D eigenvalue weighted by molar-refractivity contribution is 6.30. The largest absolute Gasteiger partial charge is 0.484 e. The van der Waals surface area contributed by atoms with E-state index in [1.54, 1.807) is 39.0 Å². The molecule has 1 atom stereocenters. The first kappa shape index (κ1) is 21.4. The zero-order chi connectivity index (χ0) is 21.0. The summed E-state index contributed by atoms with van der Waals surface area (Å²) in [4.78, 5) is 42.8. The van der Waals surface area contributed by atoms with Crippen LogP contribution in [0.15, 0.2) is 24.3 Å². The third kappa shape index (κ3) is 5.41. The summed E-state index contributed by atoms with van der Waals surface area (Å²) in [5.41, 5.74) is 0. The predicted octanol–water partition coefficient (Wildman–Crippen LogP) is 2.04. The Morgan fingerprint density at radius 3 is 2.41 bits per heavy atom. The van der Waals surface area contributed by atoms with Gasteiger partial charge in [0.15, 0.2) is 6.61 Å². The van der Waals surface area contributed by atoms with Gasteiger partial charge in [-0.1, -0.05) is 11.6 Å². The van der Waals surface area contributed by atoms with E-state index in [1.165, 1.54) is 0 Å². The minimum Gasteiger partial charge on any atom is -0.484 e. The summed E-state index contributed by atoms with van der Waals surface area (Å²) in [5.74, 6) is 0.282. The molecule has 3 rings (SSSR count). The van der Waals surface area contributed by atoms with Gasteiger partial charge in [0.25, 0.3) is 5.91 Å². The molecular formula is C21H28ClN3O4. The van der Waals surface area contributed by atoms with Gasteiger partial charge < -0.3 is 19.4 Å². The Morgan fingerprint density at radius 1 is 1.10 bits per heavy atom. The highest BCUT2D eigenvalue weighted by Gasteiger charge is 2.37. The van der Waals surface area contributed by atoms with Crippen LogP contribution in [0.4, 0.5) is 0 Å². The molecule has 0 bridgehead atoms. The minimum atomic E-state index is -0.277. The van der Waals surface area contributed by atoms with Gasteiger partial charge in [0.1, 0.15) is 5.75 Å². The summed E-state index contributed by atoms with van der Waals surface area (Å²) < 4.78 is 5.54. The van der Waals surface area contributed by atoms with Crippen LogP contribution in [0.1, 0.15) is 26.7 Å². The third-order valence-electron chi connectivity index (χ3n) is 5.47. The number of likely N-dealkylation sites (tertiary alicyclic amines) is 1. The van der Waals surface area contributed by atoms with Crippen molar-refractivity contribution in [1.29, 1.82) is 0 Å². The summed E-state index contributed by atoms with van der Waals surface area (Å²) >= 11 is 5.85. The molecule has 2 heterocycles. The second kappa shape index (κ2) is 9.48. The lowest BCUT2D eigenvalue weighted by Crippen LogP contribution is -2.42. The molecule has 0 aliphatic carbocycles. The van der Waals surface area contributed by atoms with Crippen molar-refractivity contribution in [2.75, 3.05) is 39.3 Å². The van der Waals surface area contributed by atoms with E-state index in [0.717, 1.165) is 0 Å². The van der Waals surface area contributed by atoms with Crippen molar-refractivity contribution in [2.45, 2.75) is 32.7 Å². The number of carbonyl (C=O) groups is 3. The van der Waals surface area contributed by atoms with E-state index in [1.807, 2.05) is 13.8 Å². The van der Waals surface area contributed by atoms with Crippen LogP contribution in [0.2, 0.25) is 5.02 Å². The molecule has 0 spiro atoms. The van der Waals surface area contributed by atoms with Crippen LogP contribution >= 0.6 is 11.6 Å². The van der Waals surface area contributed by atoms with Gasteiger partial charge in [-0.3, -0.25) is 14.4 Å². The van der Waals surface area contributed by atoms with Gasteiger partial charge in [-0.2, -0.15) is 0 Å². The molecule has 1 unspecified atom stereocenters. The van der Waals surface area contributed by atoms with E-state index < -0.39 is 0 Å². The molecule has 29 heavy (non-hydrogen) atoms. The zero-order valence-electron chi connectivity index (χ0n) is 17.0. The summed E-state index contributed by atoms with van der Waals surface area (Å²) in [6.45, 7) is 6.53. The van der Waals surface area contributed by atoms with Gasteiger partial charge in [-0.25, -0.2) is 0 Å². The van der Waals surface area contributed by atoms with Crippen LogP contribution in [0.25, 0.3) is 0 Å². The van der Waals surface area contributed by atoms with Crippen LogP contribution in [-0.2, 0) is 14.4 Å². The molecule has 2 fully saturated rings. The maximum Gasteiger partial charge on any atom is 0.260 e. The number of hydrogen-bond acceptors (Lipinski definition) is 4. The number of benzene rings is 1. The van der Waals surface area contributed by atoms with Crippen molar-refractivity contribution in [3.63, 3.8) is 0 Å². The molecule has 0 aromatic heterocycles. The standard InChI is InChI=1S/C21H28ClN3O4/c1-15(2)25-13-16(12-19(25)26)21(28)24-9-3-8-23(10-11-24)20(27)14-29-18-6-4-17(22)5-7-18/h4-7,15-16H,3,8-14H2,1-2H3. The number of halogens is 1. The van der Waals surface area contributed by atoms with Gasteiger partial charge in [0.2, 0.25) is 11.8 Å². The smallest absolute Gasteiger partial charge is 0.260 e. The number of amides is 3. The first-order valence-corrected chi connectivity index (χ1v) is 10.5. The van der Waals surface area contributed by atoms with Crippen molar-refractivity contribution >= 4 is 29.3 Å². The van der Waals surface area contributed by atoms with Gasteiger partial charge >= 0.3 is 0 Å². The molecule has 1 aromatic carbocycles. The van der Waals surface area contributed by atoms with Gasteiger partial charge in [0.05, 0.1) is 5.92 Å². The number of carbonyl (C=O) groups excluding carboxylic acids is 3. The molecular weight excluding hydrogens is 394 g/mol. The molecule has 0 radical (unpaired) electrons. The summed E-state index contributed by atoms with van der Waals surface area (Å²) in [6.07, 6.45) is 0.998. The minimum absolute atomic E-state index is 0.0215. The number of rotatable bonds is 5. The molecule has 7 nitrogen and oxygen atoms in total. The molecule has 2 aliphatic heterocycles. The van der Waals surface area contributed by atoms with E-state index in [4.69, 9.17) is 16.3 Å². The van der Waals surface area contributed by atoms with Crippen molar-refractivity contribution < 1.29 is 19.1 Å². The number of hydrogen-bond donors (Lipinski definition) is 0. The van der Waals surface area contributed by atoms with Crippen LogP contribution in [0, 0.1) is 5.92 Å². The fraction of sp³-hybridized carbons (Fsp3) is 0.571. The van der Waals surface area contributed by atoms with E-state index in [0.29, 0.717) is 49.9 Å². The Bertz CT molecular complexity index is 753. The Kier molecular flexibility index (Phi) is 7.00. The summed E-state index contributed by atoms with van der Waals surface area (Å²) in [7, 11) is 0. The SMILES string of the molecule is CC(C)N1CC(C(=O)N2CCCN(C(=O)COc3ccc(Cl)cc3)CC2)CC1=O. The van der Waals surface area contributed by atoms with Crippen LogP contribution in [0.5, 0.6) is 5.75 Å². The van der Waals surface area contributed by atoms with Crippen LogP contribution in [0.3, 0.4) is 0 Å². The molecule has 158 valence electrons. The molecule has 3 amide bonds. The highest BCUT2D eigenvalue weighted by Crippen LogP contribution is 2.23. The van der Waals surface area contributed by atoms with E-state index >= 15 is 0 Å². The fourth-order valence-electron chi connectivity index (χ4n) is 3.81. The average Bonchev–Trinajstić information content (AvgIpc) is 2.93. The monoisotopic (exact) mass is 421 g/mol. The summed E-state index contributed by atoms with van der Waals surface area (Å²) in [5, 5.41) is 0.612. The zero-order valence-corrected chi connectivity index (χ0v) is 17.7. The number of nitrogens with zero attached hydrogens (tertiary/aromatic N) is 3. The molecule has 2 saturated heterocycles. The van der Waals surface area contributed by atoms with Gasteiger partial charge in [-0.15, -0.1) is 0 Å². The van der Waals surface area contributed by atoms with Gasteiger partial charge in [0, 0.05) is 50.2 Å². The van der Waals surface area contributed by atoms with Crippen molar-refractivity contribution in [3.05, 3.63) is 29.3 Å².